The summed E-state index contributed by atoms with van der Waals surface area (Å²) in [6.07, 6.45) is 0. The Hall–Kier alpha value is -1.31. The topological polar surface area (TPSA) is 29.1 Å². The predicted octanol–water partition coefficient (Wildman–Crippen LogP) is 2.78. The lowest BCUT2D eigenvalue weighted by molar-refractivity contribution is -0.123. The molecule has 0 aliphatic heterocycles. The minimum Gasteiger partial charge on any atom is -0.325 e. The Balaban J connectivity index is 2.80. The number of carbonyl (C=O) groups excluding carboxylic acids is 1. The Labute approximate surface area is 85.3 Å². The van der Waals surface area contributed by atoms with Crippen LogP contribution >= 0.6 is 0 Å². The lowest BCUT2D eigenvalue weighted by Crippen LogP contribution is -2.27. The van der Waals surface area contributed by atoms with Gasteiger partial charge in [-0.05, 0) is 24.6 Å². The molecular weight excluding hydrogens is 174 g/mol. The highest BCUT2D eigenvalue weighted by molar-refractivity contribution is 5.95. The van der Waals surface area contributed by atoms with Crippen LogP contribution in [0.25, 0.3) is 0 Å². The first-order chi connectivity index (χ1) is 6.41. The van der Waals surface area contributed by atoms with Crippen LogP contribution in [0.3, 0.4) is 0 Å². The second-order valence-corrected chi connectivity index (χ2v) is 4.45. The maximum atomic E-state index is 11.7. The van der Waals surface area contributed by atoms with E-state index in [1.165, 1.54) is 0 Å². The number of carbonyl (C=O) groups is 1. The van der Waals surface area contributed by atoms with Crippen LogP contribution in [-0.4, -0.2) is 5.91 Å². The Morgan fingerprint density at radius 1 is 1.43 bits per heavy atom. The molecule has 2 nitrogen and oxygen atoms in total. The number of hydrogen-bond acceptors (Lipinski definition) is 1. The highest BCUT2D eigenvalue weighted by atomic mass is 16.2. The van der Waals surface area contributed by atoms with E-state index in [0.29, 0.717) is 0 Å². The molecule has 0 aliphatic carbocycles. The van der Waals surface area contributed by atoms with E-state index in [2.05, 4.69) is 11.4 Å². The van der Waals surface area contributed by atoms with Gasteiger partial charge in [0, 0.05) is 11.1 Å². The smallest absolute Gasteiger partial charge is 0.229 e. The molecule has 1 radical (unpaired) electrons. The molecular formula is C12H16NO. The van der Waals surface area contributed by atoms with Gasteiger partial charge in [0.15, 0.2) is 0 Å². The third-order valence-electron chi connectivity index (χ3n) is 2.01. The number of rotatable bonds is 1. The van der Waals surface area contributed by atoms with Gasteiger partial charge in [0.05, 0.1) is 0 Å². The zero-order valence-electron chi connectivity index (χ0n) is 9.14. The molecule has 1 amide bonds. The first kappa shape index (κ1) is 10.8. The fourth-order valence-electron chi connectivity index (χ4n) is 0.953. The Morgan fingerprint density at radius 3 is 2.57 bits per heavy atom. The lowest BCUT2D eigenvalue weighted by Gasteiger charge is -2.18. The summed E-state index contributed by atoms with van der Waals surface area (Å²) in [5.41, 5.74) is 1.54. The van der Waals surface area contributed by atoms with Crippen molar-refractivity contribution in [3.8, 4) is 0 Å². The fraction of sp³-hybridized carbons (Fsp3) is 0.417. The Morgan fingerprint density at radius 2 is 2.07 bits per heavy atom. The van der Waals surface area contributed by atoms with Crippen molar-refractivity contribution >= 4 is 11.6 Å². The third-order valence-corrected chi connectivity index (χ3v) is 2.01. The van der Waals surface area contributed by atoms with E-state index >= 15 is 0 Å². The molecule has 75 valence electrons. The van der Waals surface area contributed by atoms with Crippen molar-refractivity contribution in [3.05, 3.63) is 29.8 Å². The van der Waals surface area contributed by atoms with Crippen LogP contribution in [-0.2, 0) is 4.79 Å². The maximum absolute atomic E-state index is 11.7. The van der Waals surface area contributed by atoms with E-state index in [4.69, 9.17) is 0 Å². The zero-order chi connectivity index (χ0) is 10.8. The monoisotopic (exact) mass is 190 g/mol. The second kappa shape index (κ2) is 3.82. The first-order valence-corrected chi connectivity index (χ1v) is 4.69. The molecule has 0 saturated heterocycles. The van der Waals surface area contributed by atoms with E-state index in [0.717, 1.165) is 11.3 Å². The van der Waals surface area contributed by atoms with Gasteiger partial charge >= 0.3 is 0 Å². The zero-order valence-corrected chi connectivity index (χ0v) is 9.14. The highest BCUT2D eigenvalue weighted by Crippen LogP contribution is 2.19. The minimum absolute atomic E-state index is 0.0280. The van der Waals surface area contributed by atoms with Gasteiger partial charge < -0.3 is 5.32 Å². The first-order valence-electron chi connectivity index (χ1n) is 4.69. The molecule has 1 aromatic rings. The summed E-state index contributed by atoms with van der Waals surface area (Å²) in [7, 11) is 0. The molecule has 2 heteroatoms. The molecule has 0 heterocycles. The molecule has 0 fully saturated rings. The van der Waals surface area contributed by atoms with Gasteiger partial charge in [-0.15, -0.1) is 0 Å². The van der Waals surface area contributed by atoms with Crippen molar-refractivity contribution < 1.29 is 4.79 Å². The Bertz CT molecular complexity index is 336. The molecule has 1 aromatic carbocycles. The van der Waals surface area contributed by atoms with E-state index < -0.39 is 0 Å². The van der Waals surface area contributed by atoms with Crippen LogP contribution in [0.2, 0.25) is 0 Å². The van der Waals surface area contributed by atoms with E-state index in [1.54, 1.807) is 6.07 Å². The van der Waals surface area contributed by atoms with E-state index in [1.807, 2.05) is 39.8 Å². The lowest BCUT2D eigenvalue weighted by atomic mass is 9.95. The van der Waals surface area contributed by atoms with Crippen LogP contribution in [0.4, 0.5) is 5.69 Å². The summed E-state index contributed by atoms with van der Waals surface area (Å²) >= 11 is 0. The number of benzene rings is 1. The number of anilines is 1. The van der Waals surface area contributed by atoms with Crippen molar-refractivity contribution in [1.29, 1.82) is 0 Å². The van der Waals surface area contributed by atoms with Crippen molar-refractivity contribution in [2.45, 2.75) is 27.7 Å². The quantitative estimate of drug-likeness (QED) is 0.724. The predicted molar refractivity (Wildman–Crippen MR) is 58.1 cm³/mol. The van der Waals surface area contributed by atoms with Gasteiger partial charge in [-0.2, -0.15) is 0 Å². The van der Waals surface area contributed by atoms with Crippen molar-refractivity contribution in [2.24, 2.45) is 5.41 Å². The van der Waals surface area contributed by atoms with E-state index in [-0.39, 0.29) is 11.3 Å². The van der Waals surface area contributed by atoms with Crippen LogP contribution in [0, 0.1) is 18.4 Å². The van der Waals surface area contributed by atoms with Gasteiger partial charge in [-0.3, -0.25) is 4.79 Å². The number of amides is 1. The summed E-state index contributed by atoms with van der Waals surface area (Å²) in [4.78, 5) is 11.7. The van der Waals surface area contributed by atoms with Crippen LogP contribution < -0.4 is 5.32 Å². The second-order valence-electron chi connectivity index (χ2n) is 4.45. The van der Waals surface area contributed by atoms with Gasteiger partial charge in [0.1, 0.15) is 0 Å². The Kier molecular flexibility index (Phi) is 2.94. The van der Waals surface area contributed by atoms with Crippen molar-refractivity contribution in [1.82, 2.24) is 0 Å². The molecule has 0 spiro atoms. The molecule has 1 rings (SSSR count). The van der Waals surface area contributed by atoms with Gasteiger partial charge in [-0.1, -0.05) is 32.9 Å². The average molecular weight is 190 g/mol. The summed E-state index contributed by atoms with van der Waals surface area (Å²) in [5.74, 6) is 0.0280. The summed E-state index contributed by atoms with van der Waals surface area (Å²) < 4.78 is 0. The number of hydrogen-bond donors (Lipinski definition) is 1. The molecule has 0 aliphatic rings. The standard InChI is InChI=1S/C12H16NO/c1-9-7-5-6-8-10(9)13-11(14)12(2,3)4/h5,7-8H,1-4H3,(H,13,14). The van der Waals surface area contributed by atoms with Gasteiger partial charge in [0.2, 0.25) is 5.91 Å². The van der Waals surface area contributed by atoms with Crippen molar-refractivity contribution in [2.75, 3.05) is 5.32 Å². The molecule has 1 N–H and O–H groups in total. The molecule has 0 bridgehead atoms. The van der Waals surface area contributed by atoms with E-state index in [9.17, 15) is 4.79 Å². The molecule has 0 unspecified atom stereocenters. The summed E-state index contributed by atoms with van der Waals surface area (Å²) in [6.45, 7) is 7.64. The summed E-state index contributed by atoms with van der Waals surface area (Å²) in [6, 6.07) is 8.50. The third kappa shape index (κ3) is 2.59. The van der Waals surface area contributed by atoms with Crippen LogP contribution in [0.5, 0.6) is 0 Å². The molecule has 0 saturated carbocycles. The van der Waals surface area contributed by atoms with Gasteiger partial charge in [0.25, 0.3) is 0 Å². The molecule has 0 atom stereocenters. The fourth-order valence-corrected chi connectivity index (χ4v) is 0.953. The number of aryl methyl sites for hydroxylation is 1. The normalized spacial score (nSPS) is 11.1. The maximum Gasteiger partial charge on any atom is 0.229 e. The average Bonchev–Trinajstić information content (AvgIpc) is 2.07. The largest absolute Gasteiger partial charge is 0.325 e. The van der Waals surface area contributed by atoms with Crippen LogP contribution in [0.1, 0.15) is 26.3 Å². The SMILES string of the molecule is Cc1cc[c]cc1NC(=O)C(C)(C)C. The minimum atomic E-state index is -0.359. The van der Waals surface area contributed by atoms with Gasteiger partial charge in [-0.25, -0.2) is 0 Å². The highest BCUT2D eigenvalue weighted by Gasteiger charge is 2.21. The van der Waals surface area contributed by atoms with Crippen molar-refractivity contribution in [3.63, 3.8) is 0 Å². The molecule has 14 heavy (non-hydrogen) atoms. The van der Waals surface area contributed by atoms with Crippen LogP contribution in [0.15, 0.2) is 18.2 Å². The molecule has 0 aromatic heterocycles. The summed E-state index contributed by atoms with van der Waals surface area (Å²) in [5, 5.41) is 2.88. The number of nitrogens with one attached hydrogen (secondary N) is 1.